The molecule has 6 rings (SSSR count). The van der Waals surface area contributed by atoms with Gasteiger partial charge in [0.25, 0.3) is 5.91 Å². The van der Waals surface area contributed by atoms with Gasteiger partial charge in [0.1, 0.15) is 11.2 Å². The summed E-state index contributed by atoms with van der Waals surface area (Å²) in [6.07, 6.45) is 2.37. The van der Waals surface area contributed by atoms with E-state index in [9.17, 15) is 9.59 Å². The van der Waals surface area contributed by atoms with Gasteiger partial charge in [-0.1, -0.05) is 22.0 Å². The normalized spacial score (nSPS) is 22.3. The zero-order chi connectivity index (χ0) is 26.4. The summed E-state index contributed by atoms with van der Waals surface area (Å²) < 4.78 is 6.09. The monoisotopic (exact) mass is 573 g/mol. The number of amides is 1. The number of hydrazone groups is 1. The van der Waals surface area contributed by atoms with Gasteiger partial charge >= 0.3 is 5.97 Å². The molecule has 2 aromatic carbocycles. The molecule has 1 amide bonds. The molecule has 0 bridgehead atoms. The Balaban J connectivity index is 1.39. The van der Waals surface area contributed by atoms with E-state index in [1.165, 1.54) is 10.7 Å². The number of piperazine rings is 1. The first-order valence-electron chi connectivity index (χ1n) is 12.8. The predicted molar refractivity (Wildman–Crippen MR) is 151 cm³/mol. The Morgan fingerprint density at radius 2 is 1.95 bits per heavy atom. The number of fused-ring (bicyclic) bond motifs is 4. The second-order valence-electron chi connectivity index (χ2n) is 9.83. The molecule has 4 heterocycles. The Morgan fingerprint density at radius 3 is 2.68 bits per heavy atom. The molecule has 0 aliphatic carbocycles. The van der Waals surface area contributed by atoms with Gasteiger partial charge in [-0.15, -0.1) is 0 Å². The average molecular weight is 574 g/mol. The van der Waals surface area contributed by atoms with Crippen molar-refractivity contribution < 1.29 is 14.3 Å². The van der Waals surface area contributed by atoms with Gasteiger partial charge in [0.15, 0.2) is 0 Å². The summed E-state index contributed by atoms with van der Waals surface area (Å²) in [5.41, 5.74) is 3.33. The summed E-state index contributed by atoms with van der Waals surface area (Å²) in [5, 5.41) is 6.33. The molecular weight excluding hydrogens is 546 g/mol. The third kappa shape index (κ3) is 3.88. The fourth-order valence-corrected chi connectivity index (χ4v) is 6.39. The smallest absolute Gasteiger partial charge is 0.338 e. The maximum absolute atomic E-state index is 14.5. The van der Waals surface area contributed by atoms with E-state index in [4.69, 9.17) is 9.84 Å². The number of nitrogens with zero attached hydrogens (tertiary/aromatic N) is 5. The highest BCUT2D eigenvalue weighted by atomic mass is 79.9. The number of carbonyl (C=O) groups is 2. The van der Waals surface area contributed by atoms with Gasteiger partial charge in [-0.3, -0.25) is 4.79 Å². The highest BCUT2D eigenvalue weighted by molar-refractivity contribution is 9.10. The van der Waals surface area contributed by atoms with E-state index in [1.807, 2.05) is 25.1 Å². The van der Waals surface area contributed by atoms with E-state index in [0.717, 1.165) is 34.7 Å². The molecule has 38 heavy (non-hydrogen) atoms. The van der Waals surface area contributed by atoms with Crippen LogP contribution in [0.5, 0.6) is 0 Å². The number of anilines is 3. The van der Waals surface area contributed by atoms with E-state index in [2.05, 4.69) is 48.9 Å². The van der Waals surface area contributed by atoms with Gasteiger partial charge in [-0.25, -0.2) is 9.78 Å². The summed E-state index contributed by atoms with van der Waals surface area (Å²) in [7, 11) is 0. The number of hydrogen-bond acceptors (Lipinski definition) is 7. The predicted octanol–water partition coefficient (Wildman–Crippen LogP) is 4.68. The molecule has 9 heteroatoms. The van der Waals surface area contributed by atoms with Gasteiger partial charge < -0.3 is 14.5 Å². The topological polar surface area (TPSA) is 78.3 Å². The third-order valence-corrected chi connectivity index (χ3v) is 8.33. The molecule has 0 unspecified atom stereocenters. The van der Waals surface area contributed by atoms with E-state index < -0.39 is 5.41 Å². The Morgan fingerprint density at radius 1 is 1.13 bits per heavy atom. The van der Waals surface area contributed by atoms with Crippen molar-refractivity contribution in [1.29, 1.82) is 0 Å². The molecule has 0 radical (unpaired) electrons. The lowest BCUT2D eigenvalue weighted by molar-refractivity contribution is -0.125. The number of rotatable bonds is 4. The van der Waals surface area contributed by atoms with Crippen molar-refractivity contribution in [2.24, 2.45) is 10.5 Å². The van der Waals surface area contributed by atoms with Crippen LogP contribution in [0.2, 0.25) is 0 Å². The van der Waals surface area contributed by atoms with E-state index in [1.54, 1.807) is 37.4 Å². The molecule has 1 spiro atoms. The van der Waals surface area contributed by atoms with Crippen molar-refractivity contribution in [3.63, 3.8) is 0 Å². The quantitative estimate of drug-likeness (QED) is 0.422. The Bertz CT molecular complexity index is 1430. The van der Waals surface area contributed by atoms with Crippen LogP contribution < -0.4 is 14.8 Å². The van der Waals surface area contributed by atoms with Gasteiger partial charge in [0.05, 0.1) is 29.6 Å². The Hall–Kier alpha value is -3.72. The molecule has 3 aliphatic rings. The van der Waals surface area contributed by atoms with Crippen LogP contribution in [0, 0.1) is 5.41 Å². The van der Waals surface area contributed by atoms with E-state index in [0.29, 0.717) is 30.8 Å². The second kappa shape index (κ2) is 9.54. The van der Waals surface area contributed by atoms with Crippen LogP contribution in [0.25, 0.3) is 0 Å². The van der Waals surface area contributed by atoms with Gasteiger partial charge in [-0.2, -0.15) is 10.1 Å². The standard InChI is InChI=1S/C29H28BrN5O3/c1-3-38-27(36)20-7-10-23(11-8-20)35-28(37)29(19(2)32-35)17-21-16-22(30)9-12-24(21)34-15-14-33(18-25(29)34)26-6-4-5-13-31-26/h4-13,16,25H,3,14-15,17-18H2,1-2H3/t25-,29-/m1/s1. The molecular formula is C29H28BrN5O3. The number of pyridine rings is 1. The highest BCUT2D eigenvalue weighted by Gasteiger charge is 2.60. The number of aromatic nitrogens is 1. The molecule has 0 N–H and O–H groups in total. The van der Waals surface area contributed by atoms with Crippen molar-refractivity contribution in [3.8, 4) is 0 Å². The lowest BCUT2D eigenvalue weighted by Crippen LogP contribution is -2.67. The first kappa shape index (κ1) is 24.6. The minimum Gasteiger partial charge on any atom is -0.462 e. The second-order valence-corrected chi connectivity index (χ2v) is 10.7. The number of benzene rings is 2. The summed E-state index contributed by atoms with van der Waals surface area (Å²) in [5.74, 6) is 0.475. The van der Waals surface area contributed by atoms with Crippen molar-refractivity contribution in [3.05, 3.63) is 82.5 Å². The van der Waals surface area contributed by atoms with Crippen LogP contribution in [0.1, 0.15) is 29.8 Å². The van der Waals surface area contributed by atoms with Gasteiger partial charge in [0, 0.05) is 36.0 Å². The first-order valence-corrected chi connectivity index (χ1v) is 13.6. The van der Waals surface area contributed by atoms with Crippen molar-refractivity contribution >= 4 is 50.7 Å². The number of esters is 1. The molecule has 1 saturated heterocycles. The fourth-order valence-electron chi connectivity index (χ4n) is 5.98. The zero-order valence-electron chi connectivity index (χ0n) is 21.3. The summed E-state index contributed by atoms with van der Waals surface area (Å²) >= 11 is 3.63. The molecule has 1 aromatic heterocycles. The van der Waals surface area contributed by atoms with Gasteiger partial charge in [0.2, 0.25) is 0 Å². The maximum atomic E-state index is 14.5. The maximum Gasteiger partial charge on any atom is 0.338 e. The lowest BCUT2D eigenvalue weighted by Gasteiger charge is -2.53. The SMILES string of the molecule is CCOC(=O)c1ccc(N2N=C(C)[C@@]3(Cc4cc(Br)ccc4N4CCN(c5ccccn5)C[C@@H]43)C2=O)cc1. The number of carbonyl (C=O) groups excluding carboxylic acids is 2. The van der Waals surface area contributed by atoms with Gasteiger partial charge in [-0.05, 0) is 80.4 Å². The van der Waals surface area contributed by atoms with Crippen molar-refractivity contribution in [1.82, 2.24) is 4.98 Å². The van der Waals surface area contributed by atoms with Crippen LogP contribution in [0.15, 0.2) is 76.4 Å². The zero-order valence-corrected chi connectivity index (χ0v) is 22.9. The molecule has 0 saturated carbocycles. The van der Waals surface area contributed by atoms with Crippen LogP contribution in [0.3, 0.4) is 0 Å². The molecule has 1 fully saturated rings. The minimum absolute atomic E-state index is 0.0534. The average Bonchev–Trinajstić information content (AvgIpc) is 3.19. The lowest BCUT2D eigenvalue weighted by atomic mass is 9.67. The first-order chi connectivity index (χ1) is 18.4. The number of hydrogen-bond donors (Lipinski definition) is 0. The van der Waals surface area contributed by atoms with E-state index >= 15 is 0 Å². The summed E-state index contributed by atoms with van der Waals surface area (Å²) in [6, 6.07) is 19.0. The van der Waals surface area contributed by atoms with Crippen LogP contribution >= 0.6 is 15.9 Å². The number of ether oxygens (including phenoxy) is 1. The summed E-state index contributed by atoms with van der Waals surface area (Å²) in [4.78, 5) is 35.8. The van der Waals surface area contributed by atoms with Crippen LogP contribution in [0.4, 0.5) is 17.2 Å². The highest BCUT2D eigenvalue weighted by Crippen LogP contribution is 2.49. The third-order valence-electron chi connectivity index (χ3n) is 7.84. The molecule has 8 nitrogen and oxygen atoms in total. The molecule has 194 valence electrons. The molecule has 3 aliphatic heterocycles. The van der Waals surface area contributed by atoms with Crippen LogP contribution in [-0.4, -0.2) is 54.9 Å². The van der Waals surface area contributed by atoms with E-state index in [-0.39, 0.29) is 17.9 Å². The molecule has 2 atom stereocenters. The minimum atomic E-state index is -0.832. The van der Waals surface area contributed by atoms with Crippen molar-refractivity contribution in [2.45, 2.75) is 26.3 Å². The molecule has 3 aromatic rings. The van der Waals surface area contributed by atoms with Crippen molar-refractivity contribution in [2.75, 3.05) is 41.0 Å². The number of halogens is 1. The Kier molecular flexibility index (Phi) is 6.18. The Labute approximate surface area is 230 Å². The largest absolute Gasteiger partial charge is 0.462 e. The fraction of sp³-hybridized carbons (Fsp3) is 0.310. The summed E-state index contributed by atoms with van der Waals surface area (Å²) in [6.45, 7) is 6.28. The van der Waals surface area contributed by atoms with Crippen LogP contribution in [-0.2, 0) is 16.0 Å².